The number of benzene rings is 1. The van der Waals surface area contributed by atoms with E-state index in [0.717, 1.165) is 12.1 Å². The van der Waals surface area contributed by atoms with Gasteiger partial charge in [-0.05, 0) is 37.5 Å². The van der Waals surface area contributed by atoms with E-state index in [4.69, 9.17) is 5.11 Å². The van der Waals surface area contributed by atoms with Gasteiger partial charge in [-0.25, -0.2) is 27.0 Å². The molecule has 0 radical (unpaired) electrons. The minimum Gasteiger partial charge on any atom is -0.465 e. The molecule has 0 unspecified atom stereocenters. The van der Waals surface area contributed by atoms with E-state index in [1.807, 2.05) is 6.20 Å². The summed E-state index contributed by atoms with van der Waals surface area (Å²) >= 11 is 0. The van der Waals surface area contributed by atoms with Gasteiger partial charge >= 0.3 is 6.09 Å². The number of hydrogen-bond acceptors (Lipinski definition) is 6. The molecule has 3 aromatic heterocycles. The molecule has 1 aromatic carbocycles. The first-order valence-corrected chi connectivity index (χ1v) is 14.3. The zero-order chi connectivity index (χ0) is 28.6. The molecular weight excluding hydrogens is 546 g/mol. The van der Waals surface area contributed by atoms with Gasteiger partial charge in [0, 0.05) is 53.8 Å². The van der Waals surface area contributed by atoms with Gasteiger partial charge in [-0.15, -0.1) is 0 Å². The van der Waals surface area contributed by atoms with Crippen LogP contribution >= 0.6 is 0 Å². The lowest BCUT2D eigenvalue weighted by Gasteiger charge is -2.30. The summed E-state index contributed by atoms with van der Waals surface area (Å²) in [5.74, 6) is -3.67. The molecule has 4 aromatic rings. The first kappa shape index (κ1) is 27.2. The molecule has 0 bridgehead atoms. The summed E-state index contributed by atoms with van der Waals surface area (Å²) in [5.41, 5.74) is 0.184. The van der Waals surface area contributed by atoms with E-state index in [9.17, 15) is 22.4 Å². The number of ketones is 1. The highest BCUT2D eigenvalue weighted by Gasteiger charge is 2.27. The quantitative estimate of drug-likeness (QED) is 0.265. The lowest BCUT2D eigenvalue weighted by Crippen LogP contribution is -2.38. The number of nitrogens with one attached hydrogen (secondary N) is 2. The predicted molar refractivity (Wildman–Crippen MR) is 143 cm³/mol. The van der Waals surface area contributed by atoms with Crippen LogP contribution in [-0.4, -0.2) is 68.9 Å². The lowest BCUT2D eigenvalue weighted by molar-refractivity contribution is 0.103. The van der Waals surface area contributed by atoms with Gasteiger partial charge in [-0.1, -0.05) is 6.92 Å². The molecule has 4 heterocycles. The van der Waals surface area contributed by atoms with Crippen molar-refractivity contribution in [3.8, 4) is 11.1 Å². The number of rotatable bonds is 8. The Morgan fingerprint density at radius 3 is 2.62 bits per heavy atom. The number of carbonyl (C=O) groups excluding carboxylic acids is 1. The molecule has 1 fully saturated rings. The van der Waals surface area contributed by atoms with Gasteiger partial charge in [-0.3, -0.25) is 14.2 Å². The number of piperidine rings is 1. The molecule has 40 heavy (non-hydrogen) atoms. The van der Waals surface area contributed by atoms with Crippen molar-refractivity contribution in [3.05, 3.63) is 65.7 Å². The Labute approximate surface area is 227 Å². The van der Waals surface area contributed by atoms with Crippen molar-refractivity contribution in [2.45, 2.75) is 32.2 Å². The molecule has 5 rings (SSSR count). The Bertz CT molecular complexity index is 1710. The van der Waals surface area contributed by atoms with E-state index < -0.39 is 44.8 Å². The summed E-state index contributed by atoms with van der Waals surface area (Å²) in [7, 11) is -3.88. The Morgan fingerprint density at radius 1 is 1.18 bits per heavy atom. The maximum atomic E-state index is 15.3. The van der Waals surface area contributed by atoms with Crippen LogP contribution in [-0.2, 0) is 10.0 Å². The van der Waals surface area contributed by atoms with Crippen molar-refractivity contribution in [3.63, 3.8) is 0 Å². The van der Waals surface area contributed by atoms with Crippen LogP contribution in [0, 0.1) is 11.6 Å². The first-order chi connectivity index (χ1) is 19.1. The van der Waals surface area contributed by atoms with E-state index in [2.05, 4.69) is 19.8 Å². The molecule has 0 spiro atoms. The molecule has 1 saturated heterocycles. The smallest absolute Gasteiger partial charge is 0.407 e. The van der Waals surface area contributed by atoms with Crippen LogP contribution in [0.1, 0.15) is 48.1 Å². The summed E-state index contributed by atoms with van der Waals surface area (Å²) in [4.78, 5) is 33.1. The summed E-state index contributed by atoms with van der Waals surface area (Å²) in [6, 6.07) is 3.46. The summed E-state index contributed by atoms with van der Waals surface area (Å²) < 4.78 is 58.1. The van der Waals surface area contributed by atoms with Gasteiger partial charge in [-0.2, -0.15) is 5.10 Å². The molecule has 0 atom stereocenters. The van der Waals surface area contributed by atoms with Gasteiger partial charge in [0.2, 0.25) is 15.8 Å². The average Bonchev–Trinajstić information content (AvgIpc) is 3.58. The monoisotopic (exact) mass is 572 g/mol. The topological polar surface area (TPSA) is 150 Å². The van der Waals surface area contributed by atoms with Gasteiger partial charge in [0.05, 0.1) is 29.2 Å². The highest BCUT2D eigenvalue weighted by Crippen LogP contribution is 2.30. The molecule has 1 aliphatic heterocycles. The number of carboxylic acid groups (broad SMARTS) is 1. The Balaban J connectivity index is 1.44. The number of pyridine rings is 1. The normalized spacial score (nSPS) is 14.5. The van der Waals surface area contributed by atoms with Crippen LogP contribution in [0.25, 0.3) is 22.2 Å². The number of fused-ring (bicyclic) bond motifs is 1. The number of hydrogen-bond donors (Lipinski definition) is 3. The number of nitrogens with zero attached hydrogens (tertiary/aromatic N) is 4. The predicted octanol–water partition coefficient (Wildman–Crippen LogP) is 4.40. The van der Waals surface area contributed by atoms with Crippen molar-refractivity contribution in [1.29, 1.82) is 0 Å². The fraction of sp³-hybridized carbons (Fsp3) is 0.308. The largest absolute Gasteiger partial charge is 0.465 e. The Morgan fingerprint density at radius 2 is 1.93 bits per heavy atom. The third-order valence-electron chi connectivity index (χ3n) is 6.88. The van der Waals surface area contributed by atoms with Crippen LogP contribution in [0.3, 0.4) is 0 Å². The fourth-order valence-electron chi connectivity index (χ4n) is 4.82. The van der Waals surface area contributed by atoms with E-state index in [0.29, 0.717) is 48.1 Å². The molecule has 1 aliphatic rings. The van der Waals surface area contributed by atoms with Crippen LogP contribution in [0.2, 0.25) is 0 Å². The Hall–Kier alpha value is -4.33. The molecule has 1 amide bonds. The number of likely N-dealkylation sites (tertiary alicyclic amines) is 1. The maximum absolute atomic E-state index is 15.3. The zero-order valence-electron chi connectivity index (χ0n) is 21.4. The maximum Gasteiger partial charge on any atom is 0.407 e. The second-order valence-electron chi connectivity index (χ2n) is 9.57. The third kappa shape index (κ3) is 5.26. The Kier molecular flexibility index (Phi) is 7.27. The highest BCUT2D eigenvalue weighted by atomic mass is 32.2. The summed E-state index contributed by atoms with van der Waals surface area (Å²) in [6.45, 7) is 2.46. The second kappa shape index (κ2) is 10.7. The number of H-pyrrole nitrogens is 1. The SMILES string of the molecule is CCCS(=O)(=O)Nc1ccc(F)c(C(=O)c2c[nH]c3ncc(-c4cnn(C5CCN(C(=O)O)CC5)c4)cc23)c1F. The number of carbonyl (C=O) groups is 2. The molecule has 0 aliphatic carbocycles. The third-order valence-corrected chi connectivity index (χ3v) is 8.35. The first-order valence-electron chi connectivity index (χ1n) is 12.6. The number of aromatic nitrogens is 4. The van der Waals surface area contributed by atoms with Crippen molar-refractivity contribution in [2.75, 3.05) is 23.6 Å². The van der Waals surface area contributed by atoms with Crippen LogP contribution < -0.4 is 4.72 Å². The van der Waals surface area contributed by atoms with Gasteiger partial charge in [0.15, 0.2) is 5.82 Å². The number of anilines is 1. The standard InChI is InChI=1S/C26H26F2N6O5S/c1-2-9-40(38,39)32-21-4-3-20(27)22(23(21)28)24(35)19-13-30-25-18(19)10-15(11-29-25)16-12-31-34(14-16)17-5-7-33(8-6-17)26(36)37/h3-4,10-14,17,32H,2,5-9H2,1H3,(H,29,30)(H,36,37). The summed E-state index contributed by atoms with van der Waals surface area (Å²) in [6.07, 6.45) is 6.90. The van der Waals surface area contributed by atoms with Crippen LogP contribution in [0.5, 0.6) is 0 Å². The zero-order valence-corrected chi connectivity index (χ0v) is 22.2. The minimum atomic E-state index is -3.88. The number of halogens is 2. The van der Waals surface area contributed by atoms with Crippen LogP contribution in [0.15, 0.2) is 43.0 Å². The summed E-state index contributed by atoms with van der Waals surface area (Å²) in [5, 5.41) is 13.9. The molecular formula is C26H26F2N6O5S. The van der Waals surface area contributed by atoms with Gasteiger partial charge in [0.25, 0.3) is 0 Å². The van der Waals surface area contributed by atoms with Gasteiger partial charge in [0.1, 0.15) is 11.5 Å². The number of sulfonamides is 1. The molecule has 210 valence electrons. The van der Waals surface area contributed by atoms with E-state index >= 15 is 4.39 Å². The number of aromatic amines is 1. The number of amides is 1. The molecule has 11 nitrogen and oxygen atoms in total. The van der Waals surface area contributed by atoms with E-state index in [-0.39, 0.29) is 23.8 Å². The van der Waals surface area contributed by atoms with E-state index in [1.165, 1.54) is 11.1 Å². The highest BCUT2D eigenvalue weighted by molar-refractivity contribution is 7.92. The lowest BCUT2D eigenvalue weighted by atomic mass is 10.0. The molecule has 0 saturated carbocycles. The van der Waals surface area contributed by atoms with E-state index in [1.54, 1.807) is 30.1 Å². The van der Waals surface area contributed by atoms with Gasteiger partial charge < -0.3 is 15.0 Å². The average molecular weight is 573 g/mol. The fourth-order valence-corrected chi connectivity index (χ4v) is 5.95. The molecule has 14 heteroatoms. The minimum absolute atomic E-state index is 0.0263. The van der Waals surface area contributed by atoms with Crippen LogP contribution in [0.4, 0.5) is 19.3 Å². The van der Waals surface area contributed by atoms with Crippen molar-refractivity contribution in [2.24, 2.45) is 0 Å². The molecule has 3 N–H and O–H groups in total. The van der Waals surface area contributed by atoms with Crippen molar-refractivity contribution in [1.82, 2.24) is 24.6 Å². The van der Waals surface area contributed by atoms with Crippen molar-refractivity contribution < 1.29 is 31.9 Å². The van der Waals surface area contributed by atoms with Crippen molar-refractivity contribution >= 4 is 38.6 Å². The second-order valence-corrected chi connectivity index (χ2v) is 11.4.